The number of rotatable bonds is 3. The molecular formula is C9H15N5O2. The fourth-order valence-electron chi connectivity index (χ4n) is 2.08. The van der Waals surface area contributed by atoms with Gasteiger partial charge in [0.2, 0.25) is 0 Å². The summed E-state index contributed by atoms with van der Waals surface area (Å²) in [4.78, 5) is 12.9. The Morgan fingerprint density at radius 3 is 3.12 bits per heavy atom. The molecule has 0 spiro atoms. The number of hydrogen-bond acceptors (Lipinski definition) is 5. The number of likely N-dealkylation sites (tertiary alicyclic amines) is 1. The molecule has 88 valence electrons. The Hall–Kier alpha value is -1.50. The zero-order valence-electron chi connectivity index (χ0n) is 9.13. The van der Waals surface area contributed by atoms with Gasteiger partial charge in [-0.3, -0.25) is 9.69 Å². The summed E-state index contributed by atoms with van der Waals surface area (Å²) in [5.41, 5.74) is 0. The molecule has 0 bridgehead atoms. The molecule has 2 unspecified atom stereocenters. The van der Waals surface area contributed by atoms with Crippen LogP contribution in [0.3, 0.4) is 0 Å². The molecule has 1 aromatic heterocycles. The van der Waals surface area contributed by atoms with Crippen LogP contribution in [0.4, 0.5) is 0 Å². The minimum Gasteiger partial charge on any atom is -0.480 e. The van der Waals surface area contributed by atoms with E-state index in [1.54, 1.807) is 6.92 Å². The van der Waals surface area contributed by atoms with Crippen LogP contribution in [0.5, 0.6) is 0 Å². The van der Waals surface area contributed by atoms with Gasteiger partial charge in [0.05, 0.1) is 0 Å². The molecule has 1 aromatic rings. The van der Waals surface area contributed by atoms with Crippen LogP contribution in [0.15, 0.2) is 0 Å². The average molecular weight is 225 g/mol. The molecule has 16 heavy (non-hydrogen) atoms. The van der Waals surface area contributed by atoms with Gasteiger partial charge in [-0.25, -0.2) is 5.10 Å². The van der Waals surface area contributed by atoms with Crippen molar-refractivity contribution < 1.29 is 9.90 Å². The molecule has 0 saturated carbocycles. The topological polar surface area (TPSA) is 95.0 Å². The van der Waals surface area contributed by atoms with E-state index in [1.165, 1.54) is 0 Å². The molecule has 1 saturated heterocycles. The molecule has 2 atom stereocenters. The summed E-state index contributed by atoms with van der Waals surface area (Å²) in [5, 5.41) is 22.7. The van der Waals surface area contributed by atoms with Crippen LogP contribution in [0, 0.1) is 0 Å². The Labute approximate surface area is 92.8 Å². The van der Waals surface area contributed by atoms with E-state index in [0.29, 0.717) is 6.54 Å². The number of carboxylic acid groups (broad SMARTS) is 1. The second kappa shape index (κ2) is 4.56. The third kappa shape index (κ3) is 2.19. The largest absolute Gasteiger partial charge is 0.480 e. The van der Waals surface area contributed by atoms with E-state index in [4.69, 9.17) is 5.11 Å². The third-order valence-corrected chi connectivity index (χ3v) is 3.11. The number of aliphatic carboxylic acids is 1. The molecule has 0 aromatic carbocycles. The molecule has 0 aliphatic carbocycles. The van der Waals surface area contributed by atoms with Crippen LogP contribution in [0.1, 0.15) is 31.5 Å². The second-order valence-electron chi connectivity index (χ2n) is 4.13. The van der Waals surface area contributed by atoms with Gasteiger partial charge in [0, 0.05) is 12.5 Å². The molecule has 0 radical (unpaired) electrons. The van der Waals surface area contributed by atoms with Crippen molar-refractivity contribution in [2.24, 2.45) is 0 Å². The van der Waals surface area contributed by atoms with Gasteiger partial charge >= 0.3 is 5.97 Å². The van der Waals surface area contributed by atoms with E-state index in [1.807, 2.05) is 4.90 Å². The lowest BCUT2D eigenvalue weighted by Gasteiger charge is -2.33. The monoisotopic (exact) mass is 225 g/mol. The molecular weight excluding hydrogens is 210 g/mol. The Morgan fingerprint density at radius 2 is 2.50 bits per heavy atom. The number of nitrogens with zero attached hydrogens (tertiary/aromatic N) is 4. The van der Waals surface area contributed by atoms with Crippen molar-refractivity contribution in [2.75, 3.05) is 13.1 Å². The summed E-state index contributed by atoms with van der Waals surface area (Å²) in [7, 11) is 0. The van der Waals surface area contributed by atoms with Crippen molar-refractivity contribution in [1.82, 2.24) is 25.5 Å². The number of aromatic amines is 1. The van der Waals surface area contributed by atoms with Crippen LogP contribution >= 0.6 is 0 Å². The number of H-pyrrole nitrogens is 1. The smallest absolute Gasteiger partial charge is 0.320 e. The van der Waals surface area contributed by atoms with Crippen molar-refractivity contribution in [3.63, 3.8) is 0 Å². The molecule has 1 aliphatic heterocycles. The standard InChI is InChI=1S/C9H15N5O2/c1-6(9(15)16)14-4-2-3-7(5-14)8-10-12-13-11-8/h6-7H,2-5H2,1H3,(H,15,16)(H,10,11,12,13). The van der Waals surface area contributed by atoms with Gasteiger partial charge < -0.3 is 5.11 Å². The molecule has 7 nitrogen and oxygen atoms in total. The van der Waals surface area contributed by atoms with Crippen molar-refractivity contribution >= 4 is 5.97 Å². The summed E-state index contributed by atoms with van der Waals surface area (Å²) in [6, 6.07) is -0.446. The first-order valence-corrected chi connectivity index (χ1v) is 5.39. The maximum absolute atomic E-state index is 10.9. The molecule has 0 amide bonds. The summed E-state index contributed by atoms with van der Waals surface area (Å²) in [6.07, 6.45) is 1.97. The molecule has 2 heterocycles. The summed E-state index contributed by atoms with van der Waals surface area (Å²) >= 11 is 0. The van der Waals surface area contributed by atoms with Gasteiger partial charge in [-0.15, -0.1) is 5.10 Å². The fraction of sp³-hybridized carbons (Fsp3) is 0.778. The second-order valence-corrected chi connectivity index (χ2v) is 4.13. The van der Waals surface area contributed by atoms with Crippen LogP contribution < -0.4 is 0 Å². The van der Waals surface area contributed by atoms with E-state index in [9.17, 15) is 4.79 Å². The Balaban J connectivity index is 2.02. The lowest BCUT2D eigenvalue weighted by Crippen LogP contribution is -2.44. The maximum Gasteiger partial charge on any atom is 0.320 e. The maximum atomic E-state index is 10.9. The SMILES string of the molecule is CC(C(=O)O)N1CCCC(c2nnn[nH]2)C1. The van der Waals surface area contributed by atoms with E-state index < -0.39 is 12.0 Å². The van der Waals surface area contributed by atoms with Crippen molar-refractivity contribution in [3.8, 4) is 0 Å². The highest BCUT2D eigenvalue weighted by atomic mass is 16.4. The summed E-state index contributed by atoms with van der Waals surface area (Å²) < 4.78 is 0. The Bertz CT molecular complexity index is 353. The number of nitrogens with one attached hydrogen (secondary N) is 1. The predicted molar refractivity (Wildman–Crippen MR) is 54.8 cm³/mol. The number of tetrazole rings is 1. The first-order chi connectivity index (χ1) is 7.68. The van der Waals surface area contributed by atoms with Gasteiger partial charge in [0.25, 0.3) is 0 Å². The van der Waals surface area contributed by atoms with E-state index >= 15 is 0 Å². The first-order valence-electron chi connectivity index (χ1n) is 5.39. The summed E-state index contributed by atoms with van der Waals surface area (Å²) in [5.74, 6) is 0.184. The van der Waals surface area contributed by atoms with Gasteiger partial charge in [-0.1, -0.05) is 0 Å². The lowest BCUT2D eigenvalue weighted by molar-refractivity contribution is -0.143. The number of hydrogen-bond donors (Lipinski definition) is 2. The fourth-order valence-corrected chi connectivity index (χ4v) is 2.08. The van der Waals surface area contributed by atoms with Gasteiger partial charge in [-0.2, -0.15) is 0 Å². The number of carboxylic acids is 1. The first kappa shape index (κ1) is 11.0. The predicted octanol–water partition coefficient (Wildman–Crippen LogP) is -0.148. The quantitative estimate of drug-likeness (QED) is 0.743. The zero-order valence-corrected chi connectivity index (χ0v) is 9.13. The molecule has 7 heteroatoms. The normalized spacial score (nSPS) is 24.2. The van der Waals surface area contributed by atoms with E-state index in [2.05, 4.69) is 20.6 Å². The highest BCUT2D eigenvalue weighted by Gasteiger charge is 2.29. The van der Waals surface area contributed by atoms with E-state index in [-0.39, 0.29) is 5.92 Å². The molecule has 2 N–H and O–H groups in total. The average Bonchev–Trinajstić information content (AvgIpc) is 2.81. The highest BCUT2D eigenvalue weighted by molar-refractivity contribution is 5.72. The van der Waals surface area contributed by atoms with Gasteiger partial charge in [0.15, 0.2) is 5.82 Å². The van der Waals surface area contributed by atoms with Crippen LogP contribution in [0.25, 0.3) is 0 Å². The van der Waals surface area contributed by atoms with Crippen LogP contribution in [-0.4, -0.2) is 55.7 Å². The highest BCUT2D eigenvalue weighted by Crippen LogP contribution is 2.24. The van der Waals surface area contributed by atoms with Gasteiger partial charge in [0.1, 0.15) is 6.04 Å². The Kier molecular flexibility index (Phi) is 3.14. The number of piperidine rings is 1. The number of aromatic nitrogens is 4. The molecule has 1 fully saturated rings. The molecule has 1 aliphatic rings. The Morgan fingerprint density at radius 1 is 1.69 bits per heavy atom. The van der Waals surface area contributed by atoms with Crippen molar-refractivity contribution in [2.45, 2.75) is 31.7 Å². The van der Waals surface area contributed by atoms with Gasteiger partial charge in [-0.05, 0) is 36.7 Å². The number of carbonyl (C=O) groups is 1. The third-order valence-electron chi connectivity index (χ3n) is 3.11. The van der Waals surface area contributed by atoms with Crippen molar-refractivity contribution in [3.05, 3.63) is 5.82 Å². The minimum atomic E-state index is -0.781. The van der Waals surface area contributed by atoms with Crippen LogP contribution in [-0.2, 0) is 4.79 Å². The van der Waals surface area contributed by atoms with E-state index in [0.717, 1.165) is 25.2 Å². The lowest BCUT2D eigenvalue weighted by atomic mass is 9.96. The zero-order chi connectivity index (χ0) is 11.5. The molecule has 2 rings (SSSR count). The summed E-state index contributed by atoms with van der Waals surface area (Å²) in [6.45, 7) is 3.24. The van der Waals surface area contributed by atoms with Crippen LogP contribution in [0.2, 0.25) is 0 Å². The van der Waals surface area contributed by atoms with Crippen molar-refractivity contribution in [1.29, 1.82) is 0 Å². The minimum absolute atomic E-state index is 0.213.